The Hall–Kier alpha value is -1.72. The lowest BCUT2D eigenvalue weighted by atomic mass is 10.1. The van der Waals surface area contributed by atoms with E-state index in [1.807, 2.05) is 5.32 Å². The number of rotatable bonds is 2. The minimum atomic E-state index is -4.41. The van der Waals surface area contributed by atoms with Crippen LogP contribution in [0.15, 0.2) is 18.2 Å². The largest absolute Gasteiger partial charge is 0.465 e. The van der Waals surface area contributed by atoms with E-state index in [-0.39, 0.29) is 12.1 Å². The van der Waals surface area contributed by atoms with Gasteiger partial charge in [0.05, 0.1) is 5.56 Å². The van der Waals surface area contributed by atoms with Crippen molar-refractivity contribution in [2.75, 3.05) is 0 Å². The fourth-order valence-corrected chi connectivity index (χ4v) is 1.31. The Balaban J connectivity index is 2.94. The van der Waals surface area contributed by atoms with Crippen LogP contribution < -0.4 is 5.32 Å². The molecular weight excluding hydrogens is 223 g/mol. The average Bonchev–Trinajstić information content (AvgIpc) is 2.12. The first kappa shape index (κ1) is 12.4. The van der Waals surface area contributed by atoms with Crippen LogP contribution in [-0.2, 0) is 12.7 Å². The zero-order chi connectivity index (χ0) is 12.3. The monoisotopic (exact) mass is 233 g/mol. The first-order chi connectivity index (χ1) is 7.29. The Morgan fingerprint density at radius 1 is 1.38 bits per heavy atom. The van der Waals surface area contributed by atoms with Crippen LogP contribution in [0.1, 0.15) is 16.7 Å². The van der Waals surface area contributed by atoms with Crippen molar-refractivity contribution in [2.24, 2.45) is 0 Å². The van der Waals surface area contributed by atoms with Crippen LogP contribution in [0.4, 0.5) is 18.0 Å². The Morgan fingerprint density at radius 3 is 2.50 bits per heavy atom. The third kappa shape index (κ3) is 3.45. The lowest BCUT2D eigenvalue weighted by molar-refractivity contribution is -0.137. The van der Waals surface area contributed by atoms with E-state index >= 15 is 0 Å². The molecule has 88 valence electrons. The van der Waals surface area contributed by atoms with Gasteiger partial charge in [-0.15, -0.1) is 0 Å². The number of halogens is 3. The highest BCUT2D eigenvalue weighted by Crippen LogP contribution is 2.30. The number of alkyl halides is 3. The van der Waals surface area contributed by atoms with Crippen LogP contribution in [0, 0.1) is 6.92 Å². The number of carboxylic acid groups (broad SMARTS) is 1. The molecule has 0 spiro atoms. The summed E-state index contributed by atoms with van der Waals surface area (Å²) >= 11 is 0. The summed E-state index contributed by atoms with van der Waals surface area (Å²) in [6, 6.07) is 3.46. The molecule has 16 heavy (non-hydrogen) atoms. The van der Waals surface area contributed by atoms with Gasteiger partial charge in [0, 0.05) is 6.54 Å². The summed E-state index contributed by atoms with van der Waals surface area (Å²) in [7, 11) is 0. The molecule has 1 amide bonds. The molecule has 0 aliphatic carbocycles. The minimum Gasteiger partial charge on any atom is -0.465 e. The van der Waals surface area contributed by atoms with Gasteiger partial charge in [-0.2, -0.15) is 13.2 Å². The molecule has 0 heterocycles. The van der Waals surface area contributed by atoms with Crippen LogP contribution in [0.5, 0.6) is 0 Å². The lowest BCUT2D eigenvalue weighted by Gasteiger charge is -2.10. The topological polar surface area (TPSA) is 49.3 Å². The van der Waals surface area contributed by atoms with Gasteiger partial charge in [0.1, 0.15) is 0 Å². The normalized spacial score (nSPS) is 11.2. The van der Waals surface area contributed by atoms with Crippen LogP contribution in [0.3, 0.4) is 0 Å². The van der Waals surface area contributed by atoms with Crippen LogP contribution in [0.25, 0.3) is 0 Å². The predicted molar refractivity (Wildman–Crippen MR) is 51.0 cm³/mol. The van der Waals surface area contributed by atoms with Crippen LogP contribution >= 0.6 is 0 Å². The number of aryl methyl sites for hydroxylation is 1. The van der Waals surface area contributed by atoms with Gasteiger partial charge in [-0.1, -0.05) is 11.6 Å². The maximum absolute atomic E-state index is 12.4. The summed E-state index contributed by atoms with van der Waals surface area (Å²) in [5.74, 6) is 0. The van der Waals surface area contributed by atoms with E-state index < -0.39 is 17.8 Å². The second-order valence-electron chi connectivity index (χ2n) is 3.36. The van der Waals surface area contributed by atoms with E-state index in [1.54, 1.807) is 0 Å². The number of benzene rings is 1. The second kappa shape index (κ2) is 4.42. The summed E-state index contributed by atoms with van der Waals surface area (Å²) in [6.45, 7) is 1.39. The first-order valence-corrected chi connectivity index (χ1v) is 4.43. The summed E-state index contributed by atoms with van der Waals surface area (Å²) in [5.41, 5.74) is -0.0403. The van der Waals surface area contributed by atoms with Crippen molar-refractivity contribution in [1.82, 2.24) is 5.32 Å². The second-order valence-corrected chi connectivity index (χ2v) is 3.36. The number of amides is 1. The predicted octanol–water partition coefficient (Wildman–Crippen LogP) is 2.78. The Labute approximate surface area is 89.9 Å². The Kier molecular flexibility index (Phi) is 3.41. The zero-order valence-electron chi connectivity index (χ0n) is 8.43. The fourth-order valence-electron chi connectivity index (χ4n) is 1.31. The van der Waals surface area contributed by atoms with E-state index in [4.69, 9.17) is 5.11 Å². The maximum Gasteiger partial charge on any atom is 0.416 e. The third-order valence-corrected chi connectivity index (χ3v) is 1.91. The van der Waals surface area contributed by atoms with Gasteiger partial charge < -0.3 is 10.4 Å². The molecule has 0 radical (unpaired) electrons. The molecule has 0 saturated heterocycles. The van der Waals surface area contributed by atoms with Crippen molar-refractivity contribution >= 4 is 6.09 Å². The van der Waals surface area contributed by atoms with Crippen molar-refractivity contribution in [2.45, 2.75) is 19.6 Å². The van der Waals surface area contributed by atoms with Crippen LogP contribution in [0.2, 0.25) is 0 Å². The highest BCUT2D eigenvalue weighted by molar-refractivity contribution is 5.64. The molecule has 3 nitrogen and oxygen atoms in total. The van der Waals surface area contributed by atoms with Gasteiger partial charge in [0.15, 0.2) is 0 Å². The fraction of sp³-hybridized carbons (Fsp3) is 0.300. The highest BCUT2D eigenvalue weighted by atomic mass is 19.4. The van der Waals surface area contributed by atoms with Crippen LogP contribution in [-0.4, -0.2) is 11.2 Å². The molecular formula is C10H10F3NO2. The molecule has 0 bridgehead atoms. The standard InChI is InChI=1S/C10H10F3NO2/c1-6-2-7(5-14-9(15)16)4-8(3-6)10(11,12)13/h2-4,14H,5H2,1H3,(H,15,16). The molecule has 0 saturated carbocycles. The van der Waals surface area contributed by atoms with E-state index in [9.17, 15) is 18.0 Å². The first-order valence-electron chi connectivity index (χ1n) is 4.43. The summed E-state index contributed by atoms with van der Waals surface area (Å²) in [4.78, 5) is 10.2. The molecule has 0 aliphatic rings. The number of hydrogen-bond donors (Lipinski definition) is 2. The van der Waals surface area contributed by atoms with Crippen molar-refractivity contribution in [1.29, 1.82) is 0 Å². The molecule has 0 fully saturated rings. The SMILES string of the molecule is Cc1cc(CNC(=O)O)cc(C(F)(F)F)c1. The summed E-state index contributed by atoms with van der Waals surface area (Å²) in [5, 5.41) is 10.4. The molecule has 0 unspecified atom stereocenters. The Morgan fingerprint density at radius 2 is 2.00 bits per heavy atom. The molecule has 1 rings (SSSR count). The average molecular weight is 233 g/mol. The molecule has 1 aromatic carbocycles. The van der Waals surface area contributed by atoms with Crippen molar-refractivity contribution in [3.63, 3.8) is 0 Å². The van der Waals surface area contributed by atoms with Gasteiger partial charge in [0.2, 0.25) is 0 Å². The molecule has 2 N–H and O–H groups in total. The Bertz CT molecular complexity index is 402. The highest BCUT2D eigenvalue weighted by Gasteiger charge is 2.30. The minimum absolute atomic E-state index is 0.139. The maximum atomic E-state index is 12.4. The van der Waals surface area contributed by atoms with Gasteiger partial charge in [-0.3, -0.25) is 0 Å². The molecule has 0 atom stereocenters. The quantitative estimate of drug-likeness (QED) is 0.825. The van der Waals surface area contributed by atoms with Crippen molar-refractivity contribution < 1.29 is 23.1 Å². The molecule has 6 heteroatoms. The number of nitrogens with one attached hydrogen (secondary N) is 1. The molecule has 1 aromatic rings. The summed E-state index contributed by atoms with van der Waals surface area (Å²) in [6.07, 6.45) is -5.68. The third-order valence-electron chi connectivity index (χ3n) is 1.91. The van der Waals surface area contributed by atoms with Gasteiger partial charge in [0.25, 0.3) is 0 Å². The van der Waals surface area contributed by atoms with E-state index in [1.165, 1.54) is 13.0 Å². The van der Waals surface area contributed by atoms with E-state index in [0.717, 1.165) is 12.1 Å². The van der Waals surface area contributed by atoms with Gasteiger partial charge in [-0.25, -0.2) is 4.79 Å². The number of carbonyl (C=O) groups is 1. The van der Waals surface area contributed by atoms with Crippen molar-refractivity contribution in [3.05, 3.63) is 34.9 Å². The summed E-state index contributed by atoms with van der Waals surface area (Å²) < 4.78 is 37.2. The van der Waals surface area contributed by atoms with Gasteiger partial charge in [-0.05, 0) is 24.6 Å². The van der Waals surface area contributed by atoms with E-state index in [0.29, 0.717) is 5.56 Å². The smallest absolute Gasteiger partial charge is 0.416 e. The zero-order valence-corrected chi connectivity index (χ0v) is 8.43. The van der Waals surface area contributed by atoms with Gasteiger partial charge >= 0.3 is 12.3 Å². The number of hydrogen-bond acceptors (Lipinski definition) is 1. The van der Waals surface area contributed by atoms with E-state index in [2.05, 4.69) is 0 Å². The lowest BCUT2D eigenvalue weighted by Crippen LogP contribution is -2.20. The van der Waals surface area contributed by atoms with Crippen molar-refractivity contribution in [3.8, 4) is 0 Å². The molecule has 0 aromatic heterocycles. The molecule has 0 aliphatic heterocycles.